The predicted molar refractivity (Wildman–Crippen MR) is 143 cm³/mol. The molecule has 0 saturated carbocycles. The standard InChI is InChI=1S/C28H38N4O3/c1-8-14-22(15-9-2)32(6)27-25(26(29-5)30-18-19-34-7)24(21-16-12-11-13-17-21)23(20(4)31-27)28(33)35-10-3/h8-9,11-17,24,31H,1,10,18-19H2,2-7H3,(H,29,30)/b15-9-,22-14+. The van der Waals surface area contributed by atoms with E-state index in [0.717, 1.165) is 28.4 Å². The lowest BCUT2D eigenvalue weighted by molar-refractivity contribution is -0.138. The number of hydrogen-bond acceptors (Lipinski definition) is 6. The summed E-state index contributed by atoms with van der Waals surface area (Å²) in [4.78, 5) is 19.9. The number of amidine groups is 1. The molecule has 1 heterocycles. The van der Waals surface area contributed by atoms with Crippen LogP contribution >= 0.6 is 0 Å². The lowest BCUT2D eigenvalue weighted by Crippen LogP contribution is -2.42. The predicted octanol–water partition coefficient (Wildman–Crippen LogP) is 4.26. The molecule has 2 N–H and O–H groups in total. The van der Waals surface area contributed by atoms with Crippen LogP contribution in [0.2, 0.25) is 0 Å². The van der Waals surface area contributed by atoms with E-state index in [9.17, 15) is 4.79 Å². The molecule has 1 atom stereocenters. The average molecular weight is 479 g/mol. The Morgan fingerprint density at radius 3 is 2.57 bits per heavy atom. The summed E-state index contributed by atoms with van der Waals surface area (Å²) in [5, 5.41) is 6.88. The Morgan fingerprint density at radius 2 is 2.00 bits per heavy atom. The van der Waals surface area contributed by atoms with Crippen molar-refractivity contribution in [3.05, 3.63) is 95.1 Å². The van der Waals surface area contributed by atoms with Crippen molar-refractivity contribution in [3.63, 3.8) is 0 Å². The zero-order valence-corrected chi connectivity index (χ0v) is 21.7. The van der Waals surface area contributed by atoms with Crippen LogP contribution in [-0.4, -0.2) is 57.7 Å². The maximum absolute atomic E-state index is 13.3. The molecule has 0 aromatic heterocycles. The van der Waals surface area contributed by atoms with Crippen LogP contribution in [0.3, 0.4) is 0 Å². The van der Waals surface area contributed by atoms with Crippen LogP contribution in [0, 0.1) is 0 Å². The van der Waals surface area contributed by atoms with Gasteiger partial charge in [-0.2, -0.15) is 0 Å². The lowest BCUT2D eigenvalue weighted by Gasteiger charge is -2.37. The molecule has 188 valence electrons. The number of aliphatic imine (C=N–C) groups is 1. The normalized spacial score (nSPS) is 16.9. The van der Waals surface area contributed by atoms with E-state index in [-0.39, 0.29) is 12.6 Å². The summed E-state index contributed by atoms with van der Waals surface area (Å²) < 4.78 is 10.7. The smallest absolute Gasteiger partial charge is 0.336 e. The van der Waals surface area contributed by atoms with Gasteiger partial charge in [0, 0.05) is 44.7 Å². The topological polar surface area (TPSA) is 75.2 Å². The quantitative estimate of drug-likeness (QED) is 0.163. The molecule has 35 heavy (non-hydrogen) atoms. The van der Waals surface area contributed by atoms with Crippen molar-refractivity contribution >= 4 is 11.8 Å². The fraction of sp³-hybridized carbons (Fsp3) is 0.357. The summed E-state index contributed by atoms with van der Waals surface area (Å²) in [7, 11) is 5.38. The fourth-order valence-electron chi connectivity index (χ4n) is 4.05. The van der Waals surface area contributed by atoms with Gasteiger partial charge in [-0.25, -0.2) is 4.79 Å². The number of methoxy groups -OCH3 is 1. The molecule has 0 amide bonds. The van der Waals surface area contributed by atoms with E-state index < -0.39 is 5.92 Å². The van der Waals surface area contributed by atoms with Crippen LogP contribution in [-0.2, 0) is 14.3 Å². The average Bonchev–Trinajstić information content (AvgIpc) is 2.86. The number of benzene rings is 1. The summed E-state index contributed by atoms with van der Waals surface area (Å²) in [6.07, 6.45) is 7.67. The van der Waals surface area contributed by atoms with E-state index in [4.69, 9.17) is 9.47 Å². The Bertz CT molecular complexity index is 1040. The zero-order chi connectivity index (χ0) is 25.8. The molecule has 1 aliphatic rings. The highest BCUT2D eigenvalue weighted by Crippen LogP contribution is 2.40. The van der Waals surface area contributed by atoms with E-state index in [1.54, 1.807) is 20.2 Å². The van der Waals surface area contributed by atoms with E-state index >= 15 is 0 Å². The molecule has 2 rings (SSSR count). The minimum atomic E-state index is -0.404. The number of likely N-dealkylation sites (N-methyl/N-ethyl adjacent to an activating group) is 1. The summed E-state index contributed by atoms with van der Waals surface area (Å²) in [6, 6.07) is 9.95. The van der Waals surface area contributed by atoms with Gasteiger partial charge in [0.15, 0.2) is 0 Å². The van der Waals surface area contributed by atoms with E-state index in [1.807, 2.05) is 81.3 Å². The first-order valence-electron chi connectivity index (χ1n) is 11.8. The minimum absolute atomic E-state index is 0.289. The monoisotopic (exact) mass is 478 g/mol. The van der Waals surface area contributed by atoms with Gasteiger partial charge >= 0.3 is 5.97 Å². The van der Waals surface area contributed by atoms with Crippen LogP contribution in [0.5, 0.6) is 0 Å². The Labute approximate surface area is 209 Å². The molecule has 0 radical (unpaired) electrons. The second kappa shape index (κ2) is 14.0. The van der Waals surface area contributed by atoms with Gasteiger partial charge in [0.25, 0.3) is 0 Å². The molecule has 0 aliphatic carbocycles. The molecule has 1 unspecified atom stereocenters. The number of ether oxygens (including phenoxy) is 2. The molecular formula is C28H38N4O3. The first-order valence-corrected chi connectivity index (χ1v) is 11.8. The van der Waals surface area contributed by atoms with Crippen molar-refractivity contribution < 1.29 is 14.3 Å². The van der Waals surface area contributed by atoms with Gasteiger partial charge in [-0.05, 0) is 38.5 Å². The Morgan fingerprint density at radius 1 is 1.29 bits per heavy atom. The van der Waals surface area contributed by atoms with Gasteiger partial charge in [0.1, 0.15) is 11.7 Å². The Kier molecular flexibility index (Phi) is 11.0. The van der Waals surface area contributed by atoms with Crippen LogP contribution in [0.25, 0.3) is 0 Å². The third-order valence-electron chi connectivity index (χ3n) is 5.60. The fourth-order valence-corrected chi connectivity index (χ4v) is 4.05. The number of nitrogens with one attached hydrogen (secondary N) is 2. The lowest BCUT2D eigenvalue weighted by atomic mass is 9.80. The van der Waals surface area contributed by atoms with E-state index in [2.05, 4.69) is 22.2 Å². The van der Waals surface area contributed by atoms with Gasteiger partial charge in [-0.1, -0.05) is 49.1 Å². The van der Waals surface area contributed by atoms with Gasteiger partial charge in [-0.3, -0.25) is 4.99 Å². The van der Waals surface area contributed by atoms with Crippen LogP contribution in [0.15, 0.2) is 94.6 Å². The Hall–Kier alpha value is -3.58. The largest absolute Gasteiger partial charge is 0.463 e. The van der Waals surface area contributed by atoms with Crippen molar-refractivity contribution in [1.29, 1.82) is 0 Å². The highest BCUT2D eigenvalue weighted by molar-refractivity contribution is 6.05. The SMILES string of the molecule is C=C/C=C(\C=C/C)N(C)C1=C(C(=NC)NCCOC)C(c2ccccc2)C(C(=O)OCC)=C(C)N1. The van der Waals surface area contributed by atoms with E-state index in [1.165, 1.54) is 0 Å². The molecule has 0 spiro atoms. The number of carbonyl (C=O) groups is 1. The molecule has 7 nitrogen and oxygen atoms in total. The maximum atomic E-state index is 13.3. The van der Waals surface area contributed by atoms with Crippen molar-refractivity contribution in [2.75, 3.05) is 41.0 Å². The summed E-state index contributed by atoms with van der Waals surface area (Å²) in [5.41, 5.74) is 4.01. The Balaban J connectivity index is 2.85. The number of allylic oxidation sites excluding steroid dienone is 5. The zero-order valence-electron chi connectivity index (χ0n) is 21.7. The number of dihydropyridines is 1. The molecule has 7 heteroatoms. The highest BCUT2D eigenvalue weighted by atomic mass is 16.5. The molecular weight excluding hydrogens is 440 g/mol. The number of nitrogens with zero attached hydrogens (tertiary/aromatic N) is 2. The van der Waals surface area contributed by atoms with Crippen molar-refractivity contribution in [2.45, 2.75) is 26.7 Å². The van der Waals surface area contributed by atoms with Crippen LogP contribution in [0.1, 0.15) is 32.3 Å². The summed E-state index contributed by atoms with van der Waals surface area (Å²) >= 11 is 0. The summed E-state index contributed by atoms with van der Waals surface area (Å²) in [5.74, 6) is 0.714. The number of hydrogen-bond donors (Lipinski definition) is 2. The molecule has 0 fully saturated rings. The molecule has 1 aliphatic heterocycles. The van der Waals surface area contributed by atoms with Crippen molar-refractivity contribution in [2.24, 2.45) is 4.99 Å². The second-order valence-electron chi connectivity index (χ2n) is 7.87. The summed E-state index contributed by atoms with van der Waals surface area (Å²) in [6.45, 7) is 10.9. The molecule has 1 aromatic carbocycles. The highest BCUT2D eigenvalue weighted by Gasteiger charge is 2.38. The molecule has 1 aromatic rings. The van der Waals surface area contributed by atoms with Crippen molar-refractivity contribution in [3.8, 4) is 0 Å². The minimum Gasteiger partial charge on any atom is -0.463 e. The van der Waals surface area contributed by atoms with Gasteiger partial charge in [0.2, 0.25) is 0 Å². The first-order chi connectivity index (χ1) is 16.9. The van der Waals surface area contributed by atoms with Gasteiger partial charge < -0.3 is 25.0 Å². The third kappa shape index (κ3) is 6.73. The third-order valence-corrected chi connectivity index (χ3v) is 5.60. The second-order valence-corrected chi connectivity index (χ2v) is 7.87. The first kappa shape index (κ1) is 27.7. The maximum Gasteiger partial charge on any atom is 0.336 e. The number of esters is 1. The molecule has 0 bridgehead atoms. The number of rotatable bonds is 11. The van der Waals surface area contributed by atoms with Gasteiger partial charge in [-0.15, -0.1) is 0 Å². The van der Waals surface area contributed by atoms with Gasteiger partial charge in [0.05, 0.1) is 24.7 Å². The van der Waals surface area contributed by atoms with E-state index in [0.29, 0.717) is 24.6 Å². The van der Waals surface area contributed by atoms with Crippen LogP contribution in [0.4, 0.5) is 0 Å². The molecule has 0 saturated heterocycles. The number of carbonyl (C=O) groups excluding carboxylic acids is 1. The van der Waals surface area contributed by atoms with Crippen molar-refractivity contribution in [1.82, 2.24) is 15.5 Å². The van der Waals surface area contributed by atoms with Crippen LogP contribution < -0.4 is 10.6 Å².